The van der Waals surface area contributed by atoms with Crippen LogP contribution < -0.4 is 16.5 Å². The average Bonchev–Trinajstić information content (AvgIpc) is 2.64. The molecule has 0 aromatic rings. The maximum atomic E-state index is 11.4. The molecule has 0 unspecified atom stereocenters. The van der Waals surface area contributed by atoms with Gasteiger partial charge in [-0.25, -0.2) is 10.3 Å². The lowest BCUT2D eigenvalue weighted by Gasteiger charge is -2.15. The zero-order valence-electron chi connectivity index (χ0n) is 11.2. The van der Waals surface area contributed by atoms with Crippen molar-refractivity contribution in [2.24, 2.45) is 5.73 Å². The minimum atomic E-state index is -0.230. The predicted molar refractivity (Wildman–Crippen MR) is 72.0 cm³/mol. The molecule has 0 spiro atoms. The number of hydroxylamine groups is 1. The molecule has 1 saturated carbocycles. The van der Waals surface area contributed by atoms with Gasteiger partial charge in [-0.3, -0.25) is 4.84 Å². The molecule has 1 fully saturated rings. The Bertz CT molecular complexity index is 216. The van der Waals surface area contributed by atoms with Crippen LogP contribution in [0.5, 0.6) is 0 Å². The number of hydrogen-bond donors (Lipinski definition) is 3. The van der Waals surface area contributed by atoms with Crippen molar-refractivity contribution < 1.29 is 9.63 Å². The molecule has 0 saturated heterocycles. The molecule has 0 atom stereocenters. The molecule has 4 N–H and O–H groups in total. The fraction of sp³-hybridized carbons (Fsp3) is 0.923. The summed E-state index contributed by atoms with van der Waals surface area (Å²) in [6, 6.07) is -0.230. The number of carbonyl (C=O) groups is 1. The van der Waals surface area contributed by atoms with E-state index < -0.39 is 0 Å². The van der Waals surface area contributed by atoms with Crippen molar-refractivity contribution >= 4 is 6.03 Å². The van der Waals surface area contributed by atoms with Gasteiger partial charge in [-0.2, -0.15) is 0 Å². The van der Waals surface area contributed by atoms with Gasteiger partial charge in [0.2, 0.25) is 0 Å². The minimum absolute atomic E-state index is 0.190. The molecule has 2 amide bonds. The topological polar surface area (TPSA) is 76.4 Å². The van der Waals surface area contributed by atoms with Crippen molar-refractivity contribution in [2.45, 2.75) is 63.9 Å². The average molecular weight is 257 g/mol. The molecule has 5 heteroatoms. The minimum Gasteiger partial charge on any atom is -0.336 e. The number of nitrogens with one attached hydrogen (secondary N) is 2. The summed E-state index contributed by atoms with van der Waals surface area (Å²) in [6.07, 6.45) is 10.3. The van der Waals surface area contributed by atoms with Gasteiger partial charge >= 0.3 is 6.03 Å². The van der Waals surface area contributed by atoms with Crippen LogP contribution in [0, 0.1) is 0 Å². The molecule has 5 nitrogen and oxygen atoms in total. The first-order valence-corrected chi connectivity index (χ1v) is 7.22. The molecular weight excluding hydrogens is 230 g/mol. The predicted octanol–water partition coefficient (Wildman–Crippen LogP) is 2.07. The third-order valence-corrected chi connectivity index (χ3v) is 3.29. The smallest absolute Gasteiger partial charge is 0.336 e. The number of hydrogen-bond acceptors (Lipinski definition) is 3. The van der Waals surface area contributed by atoms with Crippen LogP contribution in [0.25, 0.3) is 0 Å². The van der Waals surface area contributed by atoms with Crippen LogP contribution in [0.4, 0.5) is 4.79 Å². The van der Waals surface area contributed by atoms with Gasteiger partial charge in [-0.05, 0) is 32.2 Å². The van der Waals surface area contributed by atoms with E-state index in [1.807, 2.05) is 0 Å². The van der Waals surface area contributed by atoms with Gasteiger partial charge in [-0.1, -0.05) is 32.1 Å². The molecule has 0 heterocycles. The second-order valence-corrected chi connectivity index (χ2v) is 4.94. The SMILES string of the molecule is NCCCCCNC(=O)NOC1CCCCCC1. The van der Waals surface area contributed by atoms with Gasteiger partial charge in [-0.15, -0.1) is 0 Å². The van der Waals surface area contributed by atoms with Gasteiger partial charge in [0.05, 0.1) is 6.10 Å². The van der Waals surface area contributed by atoms with Crippen LogP contribution in [0.3, 0.4) is 0 Å². The highest BCUT2D eigenvalue weighted by atomic mass is 16.7. The van der Waals surface area contributed by atoms with Gasteiger partial charge < -0.3 is 11.1 Å². The van der Waals surface area contributed by atoms with Crippen LogP contribution in [-0.2, 0) is 4.84 Å². The van der Waals surface area contributed by atoms with Gasteiger partial charge in [0.25, 0.3) is 0 Å². The lowest BCUT2D eigenvalue weighted by molar-refractivity contribution is -0.0115. The largest absolute Gasteiger partial charge is 0.338 e. The number of unbranched alkanes of at least 4 members (excludes halogenated alkanes) is 2. The summed E-state index contributed by atoms with van der Waals surface area (Å²) in [5, 5.41) is 2.78. The summed E-state index contributed by atoms with van der Waals surface area (Å²) >= 11 is 0. The van der Waals surface area contributed by atoms with E-state index in [2.05, 4.69) is 10.8 Å². The van der Waals surface area contributed by atoms with Crippen molar-refractivity contribution in [2.75, 3.05) is 13.1 Å². The molecule has 0 radical (unpaired) electrons. The lowest BCUT2D eigenvalue weighted by atomic mass is 10.2. The second kappa shape index (κ2) is 10.1. The van der Waals surface area contributed by atoms with Crippen LogP contribution >= 0.6 is 0 Å². The standard InChI is InChI=1S/C13H27N3O2/c14-10-6-3-7-11-15-13(17)16-18-12-8-4-1-2-5-9-12/h12H,1-11,14H2,(H2,15,16,17). The Balaban J connectivity index is 1.98. The monoisotopic (exact) mass is 257 g/mol. The van der Waals surface area contributed by atoms with Crippen LogP contribution in [-0.4, -0.2) is 25.2 Å². The van der Waals surface area contributed by atoms with Crippen LogP contribution in [0.1, 0.15) is 57.8 Å². The Morgan fingerprint density at radius 2 is 1.83 bits per heavy atom. The third-order valence-electron chi connectivity index (χ3n) is 3.29. The summed E-state index contributed by atoms with van der Waals surface area (Å²) < 4.78 is 0. The summed E-state index contributed by atoms with van der Waals surface area (Å²) in [6.45, 7) is 1.40. The second-order valence-electron chi connectivity index (χ2n) is 4.94. The number of urea groups is 1. The highest BCUT2D eigenvalue weighted by Gasteiger charge is 2.13. The quantitative estimate of drug-likeness (QED) is 0.371. The van der Waals surface area contributed by atoms with E-state index >= 15 is 0 Å². The van der Waals surface area contributed by atoms with E-state index in [-0.39, 0.29) is 12.1 Å². The molecule has 106 valence electrons. The normalized spacial score (nSPS) is 17.2. The van der Waals surface area contributed by atoms with Crippen LogP contribution in [0.15, 0.2) is 0 Å². The maximum Gasteiger partial charge on any atom is 0.338 e. The first-order chi connectivity index (χ1) is 8.83. The Labute approximate surface area is 110 Å². The maximum absolute atomic E-state index is 11.4. The van der Waals surface area contributed by atoms with E-state index in [9.17, 15) is 4.79 Å². The number of amides is 2. The van der Waals surface area contributed by atoms with Crippen molar-refractivity contribution in [1.29, 1.82) is 0 Å². The van der Waals surface area contributed by atoms with Crippen molar-refractivity contribution in [3.63, 3.8) is 0 Å². The number of carbonyl (C=O) groups excluding carboxylic acids is 1. The molecule has 0 bridgehead atoms. The lowest BCUT2D eigenvalue weighted by Crippen LogP contribution is -2.38. The third kappa shape index (κ3) is 7.50. The number of rotatable bonds is 7. The van der Waals surface area contributed by atoms with Gasteiger partial charge in [0.15, 0.2) is 0 Å². The Hall–Kier alpha value is -0.810. The summed E-state index contributed by atoms with van der Waals surface area (Å²) in [5.41, 5.74) is 7.89. The summed E-state index contributed by atoms with van der Waals surface area (Å²) in [4.78, 5) is 16.9. The van der Waals surface area contributed by atoms with Crippen molar-refractivity contribution in [3.8, 4) is 0 Å². The van der Waals surface area contributed by atoms with Gasteiger partial charge in [0, 0.05) is 6.54 Å². The molecule has 1 rings (SSSR count). The fourth-order valence-corrected chi connectivity index (χ4v) is 2.18. The van der Waals surface area contributed by atoms with Crippen molar-refractivity contribution in [3.05, 3.63) is 0 Å². The molecule has 1 aliphatic rings. The van der Waals surface area contributed by atoms with E-state index in [4.69, 9.17) is 10.6 Å². The molecule has 0 aromatic carbocycles. The zero-order chi connectivity index (χ0) is 13.1. The Morgan fingerprint density at radius 1 is 1.11 bits per heavy atom. The summed E-state index contributed by atoms with van der Waals surface area (Å²) in [5.74, 6) is 0. The van der Waals surface area contributed by atoms with Crippen molar-refractivity contribution in [1.82, 2.24) is 10.8 Å². The highest BCUT2D eigenvalue weighted by molar-refractivity contribution is 5.72. The first-order valence-electron chi connectivity index (χ1n) is 7.22. The molecular formula is C13H27N3O2. The first kappa shape index (κ1) is 15.2. The van der Waals surface area contributed by atoms with E-state index in [0.717, 1.165) is 38.6 Å². The molecule has 0 aromatic heterocycles. The molecule has 18 heavy (non-hydrogen) atoms. The van der Waals surface area contributed by atoms with E-state index in [1.54, 1.807) is 0 Å². The summed E-state index contributed by atoms with van der Waals surface area (Å²) in [7, 11) is 0. The van der Waals surface area contributed by atoms with Gasteiger partial charge in [0.1, 0.15) is 0 Å². The molecule has 0 aliphatic heterocycles. The highest BCUT2D eigenvalue weighted by Crippen LogP contribution is 2.18. The zero-order valence-corrected chi connectivity index (χ0v) is 11.2. The van der Waals surface area contributed by atoms with Crippen LogP contribution in [0.2, 0.25) is 0 Å². The molecule has 1 aliphatic carbocycles. The Morgan fingerprint density at radius 3 is 2.50 bits per heavy atom. The number of nitrogens with two attached hydrogens (primary N) is 1. The fourth-order valence-electron chi connectivity index (χ4n) is 2.18. The van der Waals surface area contributed by atoms with E-state index in [1.165, 1.54) is 25.7 Å². The Kier molecular flexibility index (Phi) is 8.59. The van der Waals surface area contributed by atoms with E-state index in [0.29, 0.717) is 6.54 Å².